The van der Waals surface area contributed by atoms with E-state index in [1.165, 1.54) is 17.2 Å². The lowest BCUT2D eigenvalue weighted by atomic mass is 9.92. The molecule has 11 heteroatoms. The number of esters is 1. The van der Waals surface area contributed by atoms with E-state index >= 15 is 0 Å². The first-order chi connectivity index (χ1) is 15.1. The van der Waals surface area contributed by atoms with Gasteiger partial charge in [-0.3, -0.25) is 9.36 Å². The van der Waals surface area contributed by atoms with E-state index in [1.54, 1.807) is 0 Å². The third-order valence-corrected chi connectivity index (χ3v) is 5.85. The van der Waals surface area contributed by atoms with Gasteiger partial charge in [-0.2, -0.15) is 0 Å². The average Bonchev–Trinajstić information content (AvgIpc) is 3.39. The average molecular weight is 450 g/mol. The second-order valence-electron chi connectivity index (χ2n) is 9.76. The Morgan fingerprint density at radius 1 is 1.22 bits per heavy atom. The van der Waals surface area contributed by atoms with Crippen molar-refractivity contribution in [1.82, 2.24) is 19.5 Å². The molecule has 0 aromatic carbocycles. The van der Waals surface area contributed by atoms with Crippen molar-refractivity contribution < 1.29 is 29.6 Å². The molecule has 6 unspecified atom stereocenters. The molecule has 2 fully saturated rings. The Morgan fingerprint density at radius 2 is 2.00 bits per heavy atom. The van der Waals surface area contributed by atoms with Crippen molar-refractivity contribution in [3.05, 3.63) is 12.7 Å². The fourth-order valence-electron chi connectivity index (χ4n) is 4.18. The Labute approximate surface area is 185 Å². The normalized spacial score (nSPS) is 30.7. The summed E-state index contributed by atoms with van der Waals surface area (Å²) >= 11 is 0. The fourth-order valence-corrected chi connectivity index (χ4v) is 4.18. The number of rotatable bonds is 6. The van der Waals surface area contributed by atoms with E-state index in [4.69, 9.17) is 9.47 Å². The number of imidazole rings is 1. The number of anilines is 1. The summed E-state index contributed by atoms with van der Waals surface area (Å²) in [5.74, 6) is 0.0947. The van der Waals surface area contributed by atoms with Crippen molar-refractivity contribution in [2.75, 3.05) is 11.9 Å². The highest BCUT2D eigenvalue weighted by atomic mass is 16.6. The van der Waals surface area contributed by atoms with Gasteiger partial charge in [0.1, 0.15) is 31.2 Å². The minimum atomic E-state index is -1.26. The van der Waals surface area contributed by atoms with E-state index in [1.807, 2.05) is 20.8 Å². The van der Waals surface area contributed by atoms with Gasteiger partial charge < -0.3 is 30.1 Å². The van der Waals surface area contributed by atoms with Crippen LogP contribution < -0.4 is 5.32 Å². The number of carbonyl (C=O) groups excluding carboxylic acids is 1. The van der Waals surface area contributed by atoms with E-state index in [0.717, 1.165) is 19.3 Å². The quantitative estimate of drug-likeness (QED) is 0.465. The molecule has 6 atom stereocenters. The van der Waals surface area contributed by atoms with Gasteiger partial charge in [-0.05, 0) is 24.7 Å². The molecule has 0 amide bonds. The molecule has 176 valence electrons. The number of ether oxygens (including phenoxy) is 2. The standard InChI is InChI=1S/C21H31N5O6/c1-21(2,3)7-14(28)31-8-13-16(29)17(30)20(32-13)26-10-24-15-18(22-9-23-19(15)26)25-11-5-4-6-12(11)27/h9-13,16-17,20,27,29-30H,4-8H2,1-3H3,(H,22,23,25). The van der Waals surface area contributed by atoms with Crippen molar-refractivity contribution >= 4 is 23.0 Å². The summed E-state index contributed by atoms with van der Waals surface area (Å²) in [6.45, 7) is 5.62. The van der Waals surface area contributed by atoms with Gasteiger partial charge in [-0.1, -0.05) is 20.8 Å². The monoisotopic (exact) mass is 449 g/mol. The Balaban J connectivity index is 1.48. The number of nitrogens with one attached hydrogen (secondary N) is 1. The first kappa shape index (κ1) is 22.8. The number of carbonyl (C=O) groups is 1. The zero-order chi connectivity index (χ0) is 23.0. The first-order valence-electron chi connectivity index (χ1n) is 10.9. The molecule has 3 heterocycles. The second kappa shape index (κ2) is 8.89. The van der Waals surface area contributed by atoms with Gasteiger partial charge in [0.2, 0.25) is 0 Å². The molecule has 2 aliphatic rings. The van der Waals surface area contributed by atoms with Crippen LogP contribution in [0.3, 0.4) is 0 Å². The summed E-state index contributed by atoms with van der Waals surface area (Å²) in [4.78, 5) is 24.9. The van der Waals surface area contributed by atoms with Gasteiger partial charge in [-0.15, -0.1) is 0 Å². The highest BCUT2D eigenvalue weighted by Crippen LogP contribution is 2.33. The minimum absolute atomic E-state index is 0.111. The van der Waals surface area contributed by atoms with Crippen molar-refractivity contribution in [1.29, 1.82) is 0 Å². The highest BCUT2D eigenvalue weighted by Gasteiger charge is 2.45. The predicted octanol–water partition coefficient (Wildman–Crippen LogP) is 0.750. The third kappa shape index (κ3) is 4.70. The molecule has 0 radical (unpaired) electrons. The molecule has 0 bridgehead atoms. The fraction of sp³-hybridized carbons (Fsp3) is 0.714. The van der Waals surface area contributed by atoms with Gasteiger partial charge in [0.15, 0.2) is 23.2 Å². The number of hydrogen-bond donors (Lipinski definition) is 4. The smallest absolute Gasteiger partial charge is 0.306 e. The summed E-state index contributed by atoms with van der Waals surface area (Å²) in [6, 6.07) is -0.111. The van der Waals surface area contributed by atoms with Crippen molar-refractivity contribution in [3.63, 3.8) is 0 Å². The molecule has 32 heavy (non-hydrogen) atoms. The van der Waals surface area contributed by atoms with Crippen LogP contribution in [0.1, 0.15) is 52.7 Å². The molecular formula is C21H31N5O6. The summed E-state index contributed by atoms with van der Waals surface area (Å²) in [6.07, 6.45) is 0.776. The zero-order valence-electron chi connectivity index (χ0n) is 18.5. The second-order valence-corrected chi connectivity index (χ2v) is 9.76. The lowest BCUT2D eigenvalue weighted by molar-refractivity contribution is -0.152. The van der Waals surface area contributed by atoms with E-state index in [2.05, 4.69) is 20.3 Å². The third-order valence-electron chi connectivity index (χ3n) is 5.85. The molecule has 11 nitrogen and oxygen atoms in total. The van der Waals surface area contributed by atoms with E-state index in [9.17, 15) is 20.1 Å². The van der Waals surface area contributed by atoms with Crippen LogP contribution in [0.25, 0.3) is 11.2 Å². The first-order valence-corrected chi connectivity index (χ1v) is 10.9. The van der Waals surface area contributed by atoms with Crippen molar-refractivity contribution in [2.24, 2.45) is 5.41 Å². The number of aromatic nitrogens is 4. The number of nitrogens with zero attached hydrogens (tertiary/aromatic N) is 4. The Morgan fingerprint density at radius 3 is 2.69 bits per heavy atom. The van der Waals surface area contributed by atoms with Crippen LogP contribution in [-0.4, -0.2) is 77.9 Å². The van der Waals surface area contributed by atoms with Gasteiger partial charge in [0, 0.05) is 0 Å². The Bertz CT molecular complexity index is 960. The predicted molar refractivity (Wildman–Crippen MR) is 114 cm³/mol. The molecule has 0 spiro atoms. The molecule has 1 aliphatic heterocycles. The van der Waals surface area contributed by atoms with Crippen LogP contribution >= 0.6 is 0 Å². The molecule has 1 aliphatic carbocycles. The van der Waals surface area contributed by atoms with Crippen LogP contribution in [0.15, 0.2) is 12.7 Å². The molecular weight excluding hydrogens is 418 g/mol. The van der Waals surface area contributed by atoms with Crippen molar-refractivity contribution in [2.45, 2.75) is 83.1 Å². The van der Waals surface area contributed by atoms with E-state index in [-0.39, 0.29) is 24.5 Å². The van der Waals surface area contributed by atoms with Crippen LogP contribution in [0, 0.1) is 5.41 Å². The number of fused-ring (bicyclic) bond motifs is 1. The maximum Gasteiger partial charge on any atom is 0.306 e. The molecule has 4 N–H and O–H groups in total. The summed E-state index contributed by atoms with van der Waals surface area (Å²) in [5.41, 5.74) is 0.665. The zero-order valence-corrected chi connectivity index (χ0v) is 18.5. The summed E-state index contributed by atoms with van der Waals surface area (Å²) < 4.78 is 12.6. The highest BCUT2D eigenvalue weighted by molar-refractivity contribution is 5.82. The Kier molecular flexibility index (Phi) is 6.35. The minimum Gasteiger partial charge on any atom is -0.463 e. The molecule has 2 aromatic rings. The van der Waals surface area contributed by atoms with Gasteiger partial charge in [0.25, 0.3) is 0 Å². The summed E-state index contributed by atoms with van der Waals surface area (Å²) in [7, 11) is 0. The SMILES string of the molecule is CC(C)(C)CC(=O)OCC1OC(n2cnc3c(NC4CCCC4O)ncnc32)C(O)C1O. The number of aliphatic hydroxyl groups is 3. The van der Waals surface area contributed by atoms with Crippen LogP contribution in [-0.2, 0) is 14.3 Å². The lowest BCUT2D eigenvalue weighted by Gasteiger charge is -2.19. The number of aliphatic hydroxyl groups excluding tert-OH is 3. The molecule has 1 saturated heterocycles. The van der Waals surface area contributed by atoms with Crippen LogP contribution in [0.4, 0.5) is 5.82 Å². The largest absolute Gasteiger partial charge is 0.463 e. The number of hydrogen-bond acceptors (Lipinski definition) is 10. The van der Waals surface area contributed by atoms with Gasteiger partial charge in [-0.25, -0.2) is 15.0 Å². The topological polar surface area (TPSA) is 152 Å². The Hall–Kier alpha value is -2.34. The molecule has 1 saturated carbocycles. The van der Waals surface area contributed by atoms with Crippen LogP contribution in [0.5, 0.6) is 0 Å². The molecule has 4 rings (SSSR count). The molecule has 2 aromatic heterocycles. The lowest BCUT2D eigenvalue weighted by Crippen LogP contribution is -2.34. The maximum atomic E-state index is 12.0. The summed E-state index contributed by atoms with van der Waals surface area (Å²) in [5, 5.41) is 34.4. The van der Waals surface area contributed by atoms with Crippen molar-refractivity contribution in [3.8, 4) is 0 Å². The maximum absolute atomic E-state index is 12.0. The van der Waals surface area contributed by atoms with Crippen LogP contribution in [0.2, 0.25) is 0 Å². The van der Waals surface area contributed by atoms with Gasteiger partial charge >= 0.3 is 5.97 Å². The van der Waals surface area contributed by atoms with E-state index < -0.39 is 36.6 Å². The van der Waals surface area contributed by atoms with Gasteiger partial charge in [0.05, 0.1) is 24.9 Å². The van der Waals surface area contributed by atoms with E-state index in [0.29, 0.717) is 17.0 Å².